The molecule has 2 aromatic heterocycles. The minimum atomic E-state index is -0.418. The molecule has 2 heterocycles. The highest BCUT2D eigenvalue weighted by molar-refractivity contribution is 6.02. The third kappa shape index (κ3) is 5.19. The lowest BCUT2D eigenvalue weighted by molar-refractivity contribution is 0.101. The van der Waals surface area contributed by atoms with Crippen LogP contribution in [0.3, 0.4) is 0 Å². The third-order valence-corrected chi connectivity index (χ3v) is 4.07. The van der Waals surface area contributed by atoms with Gasteiger partial charge in [0.1, 0.15) is 12.3 Å². The van der Waals surface area contributed by atoms with Crippen molar-refractivity contribution in [2.45, 2.75) is 26.5 Å². The van der Waals surface area contributed by atoms with E-state index in [1.54, 1.807) is 37.7 Å². The van der Waals surface area contributed by atoms with Gasteiger partial charge in [-0.15, -0.1) is 0 Å². The van der Waals surface area contributed by atoms with Crippen LogP contribution in [0.15, 0.2) is 59.7 Å². The van der Waals surface area contributed by atoms with Crippen LogP contribution in [0.4, 0.5) is 5.69 Å². The molecule has 1 N–H and O–H groups in total. The van der Waals surface area contributed by atoms with E-state index in [0.717, 1.165) is 12.0 Å². The summed E-state index contributed by atoms with van der Waals surface area (Å²) in [6.45, 7) is 2.70. The first-order valence-electron chi connectivity index (χ1n) is 9.20. The first kappa shape index (κ1) is 20.1. The van der Waals surface area contributed by atoms with Gasteiger partial charge in [-0.05, 0) is 30.7 Å². The molecule has 8 heteroatoms. The fraction of sp³-hybridized carbons (Fsp3) is 0.238. The van der Waals surface area contributed by atoms with Gasteiger partial charge in [0.25, 0.3) is 11.5 Å². The summed E-state index contributed by atoms with van der Waals surface area (Å²) in [5, 5.41) is 6.89. The van der Waals surface area contributed by atoms with Crippen LogP contribution in [0, 0.1) is 0 Å². The van der Waals surface area contributed by atoms with E-state index in [4.69, 9.17) is 9.47 Å². The van der Waals surface area contributed by atoms with E-state index in [1.807, 2.05) is 19.1 Å². The number of aryl methyl sites for hydroxylation is 1. The van der Waals surface area contributed by atoms with Gasteiger partial charge in [0.2, 0.25) is 0 Å². The summed E-state index contributed by atoms with van der Waals surface area (Å²) in [6.07, 6.45) is 4.15. The molecule has 1 aromatic carbocycles. The number of carbonyl (C=O) groups excluding carboxylic acids is 1. The van der Waals surface area contributed by atoms with Crippen LogP contribution in [0.25, 0.3) is 0 Å². The van der Waals surface area contributed by atoms with Crippen LogP contribution >= 0.6 is 0 Å². The molecule has 1 amide bonds. The Morgan fingerprint density at radius 1 is 1.17 bits per heavy atom. The number of methoxy groups -OCH3 is 1. The van der Waals surface area contributed by atoms with Crippen molar-refractivity contribution in [1.82, 2.24) is 14.8 Å². The second-order valence-corrected chi connectivity index (χ2v) is 6.25. The Balaban J connectivity index is 1.76. The number of hydrogen-bond acceptors (Lipinski definition) is 6. The van der Waals surface area contributed by atoms with Crippen molar-refractivity contribution in [2.75, 3.05) is 12.4 Å². The van der Waals surface area contributed by atoms with Gasteiger partial charge in [0.05, 0.1) is 7.11 Å². The standard InChI is InChI=1S/C21H22N4O4/c1-3-11-25-20(26)9-7-17(24-25)21(27)23-16-6-8-18(28-2)19(12-16)29-14-15-5-4-10-22-13-15/h4-10,12-13H,3,11,14H2,1-2H3,(H,23,27). The monoisotopic (exact) mass is 394 g/mol. The maximum atomic E-state index is 12.6. The largest absolute Gasteiger partial charge is 0.493 e. The molecule has 8 nitrogen and oxygen atoms in total. The second kappa shape index (κ2) is 9.50. The van der Waals surface area contributed by atoms with Gasteiger partial charge in [-0.25, -0.2) is 4.68 Å². The van der Waals surface area contributed by atoms with Crippen LogP contribution in [-0.2, 0) is 13.2 Å². The summed E-state index contributed by atoms with van der Waals surface area (Å²) in [5.41, 5.74) is 1.35. The zero-order valence-electron chi connectivity index (χ0n) is 16.3. The molecule has 29 heavy (non-hydrogen) atoms. The molecular weight excluding hydrogens is 372 g/mol. The molecule has 0 aliphatic rings. The Morgan fingerprint density at radius 2 is 2.03 bits per heavy atom. The summed E-state index contributed by atoms with van der Waals surface area (Å²) in [7, 11) is 1.55. The molecule has 0 saturated heterocycles. The van der Waals surface area contributed by atoms with Crippen molar-refractivity contribution in [3.63, 3.8) is 0 Å². The topological polar surface area (TPSA) is 95.3 Å². The van der Waals surface area contributed by atoms with Gasteiger partial charge in [0, 0.05) is 42.3 Å². The summed E-state index contributed by atoms with van der Waals surface area (Å²) < 4.78 is 12.4. The van der Waals surface area contributed by atoms with Gasteiger partial charge >= 0.3 is 0 Å². The first-order valence-corrected chi connectivity index (χ1v) is 9.20. The number of amides is 1. The highest BCUT2D eigenvalue weighted by atomic mass is 16.5. The van der Waals surface area contributed by atoms with E-state index in [1.165, 1.54) is 16.8 Å². The SMILES string of the molecule is CCCn1nc(C(=O)Nc2ccc(OC)c(OCc3cccnc3)c2)ccc1=O. The van der Waals surface area contributed by atoms with Gasteiger partial charge in [-0.1, -0.05) is 13.0 Å². The number of nitrogens with zero attached hydrogens (tertiary/aromatic N) is 3. The lowest BCUT2D eigenvalue weighted by Gasteiger charge is -2.13. The van der Waals surface area contributed by atoms with Crippen molar-refractivity contribution in [3.05, 3.63) is 76.5 Å². The quantitative estimate of drug-likeness (QED) is 0.631. The zero-order chi connectivity index (χ0) is 20.6. The van der Waals surface area contributed by atoms with Gasteiger partial charge in [0.15, 0.2) is 11.5 Å². The first-order chi connectivity index (χ1) is 14.1. The summed E-state index contributed by atoms with van der Waals surface area (Å²) in [6, 6.07) is 11.6. The number of ether oxygens (including phenoxy) is 2. The molecule has 0 spiro atoms. The van der Waals surface area contributed by atoms with Crippen molar-refractivity contribution < 1.29 is 14.3 Å². The van der Waals surface area contributed by atoms with E-state index in [9.17, 15) is 9.59 Å². The number of nitrogens with one attached hydrogen (secondary N) is 1. The average Bonchev–Trinajstić information content (AvgIpc) is 2.75. The fourth-order valence-electron chi connectivity index (χ4n) is 2.65. The lowest BCUT2D eigenvalue weighted by Crippen LogP contribution is -2.26. The Bertz CT molecular complexity index is 1030. The number of carbonyl (C=O) groups is 1. The van der Waals surface area contributed by atoms with E-state index < -0.39 is 5.91 Å². The minimum absolute atomic E-state index is 0.159. The Hall–Kier alpha value is -3.68. The van der Waals surface area contributed by atoms with E-state index in [2.05, 4.69) is 15.4 Å². The van der Waals surface area contributed by atoms with Crippen molar-refractivity contribution in [2.24, 2.45) is 0 Å². The van der Waals surface area contributed by atoms with Crippen LogP contribution in [0.5, 0.6) is 11.5 Å². The highest BCUT2D eigenvalue weighted by Crippen LogP contribution is 2.31. The Morgan fingerprint density at radius 3 is 2.76 bits per heavy atom. The number of anilines is 1. The number of rotatable bonds is 8. The number of benzene rings is 1. The molecule has 0 radical (unpaired) electrons. The minimum Gasteiger partial charge on any atom is -0.493 e. The summed E-state index contributed by atoms with van der Waals surface area (Å²) in [5.74, 6) is 0.609. The normalized spacial score (nSPS) is 10.4. The molecule has 0 unspecified atom stereocenters. The molecule has 0 aliphatic heterocycles. The predicted octanol–water partition coefficient (Wildman–Crippen LogP) is 2.89. The van der Waals surface area contributed by atoms with E-state index in [-0.39, 0.29) is 11.3 Å². The van der Waals surface area contributed by atoms with Crippen molar-refractivity contribution >= 4 is 11.6 Å². The molecule has 3 rings (SSSR count). The maximum absolute atomic E-state index is 12.6. The summed E-state index contributed by atoms with van der Waals surface area (Å²) >= 11 is 0. The zero-order valence-corrected chi connectivity index (χ0v) is 16.3. The van der Waals surface area contributed by atoms with E-state index >= 15 is 0 Å². The number of hydrogen-bond donors (Lipinski definition) is 1. The van der Waals surface area contributed by atoms with E-state index in [0.29, 0.717) is 30.3 Å². The van der Waals surface area contributed by atoms with Gasteiger partial charge < -0.3 is 14.8 Å². The van der Waals surface area contributed by atoms with Crippen molar-refractivity contribution in [3.8, 4) is 11.5 Å². The molecule has 0 aliphatic carbocycles. The van der Waals surface area contributed by atoms with Crippen molar-refractivity contribution in [1.29, 1.82) is 0 Å². The predicted molar refractivity (Wildman–Crippen MR) is 108 cm³/mol. The van der Waals surface area contributed by atoms with Crippen LogP contribution in [0.2, 0.25) is 0 Å². The number of pyridine rings is 1. The summed E-state index contributed by atoms with van der Waals surface area (Å²) in [4.78, 5) is 28.4. The molecule has 0 saturated carbocycles. The molecular formula is C21H22N4O4. The molecule has 0 fully saturated rings. The lowest BCUT2D eigenvalue weighted by atomic mass is 10.2. The highest BCUT2D eigenvalue weighted by Gasteiger charge is 2.12. The van der Waals surface area contributed by atoms with Crippen LogP contribution in [-0.4, -0.2) is 27.8 Å². The van der Waals surface area contributed by atoms with Crippen LogP contribution < -0.4 is 20.3 Å². The molecule has 3 aromatic rings. The average molecular weight is 394 g/mol. The van der Waals surface area contributed by atoms with Crippen LogP contribution in [0.1, 0.15) is 29.4 Å². The molecule has 150 valence electrons. The number of aromatic nitrogens is 3. The Kier molecular flexibility index (Phi) is 6.57. The smallest absolute Gasteiger partial charge is 0.276 e. The molecule has 0 atom stereocenters. The maximum Gasteiger partial charge on any atom is 0.276 e. The second-order valence-electron chi connectivity index (χ2n) is 6.25. The van der Waals surface area contributed by atoms with Gasteiger partial charge in [-0.2, -0.15) is 5.10 Å². The van der Waals surface area contributed by atoms with Gasteiger partial charge in [-0.3, -0.25) is 14.6 Å². The molecule has 0 bridgehead atoms. The fourth-order valence-corrected chi connectivity index (χ4v) is 2.65. The Labute approximate surface area is 168 Å². The third-order valence-electron chi connectivity index (χ3n) is 4.07.